The van der Waals surface area contributed by atoms with Crippen molar-refractivity contribution in [1.29, 1.82) is 0 Å². The van der Waals surface area contributed by atoms with Gasteiger partial charge in [0, 0.05) is 33.1 Å². The van der Waals surface area contributed by atoms with Gasteiger partial charge in [-0.3, -0.25) is 9.59 Å². The van der Waals surface area contributed by atoms with Gasteiger partial charge in [0.05, 0.1) is 15.7 Å². The summed E-state index contributed by atoms with van der Waals surface area (Å²) < 4.78 is 42.5. The highest BCUT2D eigenvalue weighted by Gasteiger charge is 2.35. The number of nitrogens with one attached hydrogen (secondary N) is 1. The number of nitrogens with zero attached hydrogens (tertiary/aromatic N) is 3. The number of amides is 2. The van der Waals surface area contributed by atoms with Crippen molar-refractivity contribution in [1.82, 2.24) is 14.5 Å². The van der Waals surface area contributed by atoms with Crippen molar-refractivity contribution in [2.45, 2.75) is 50.7 Å². The molecule has 0 saturated heterocycles. The Labute approximate surface area is 262 Å². The second-order valence-electron chi connectivity index (χ2n) is 10.7. The normalized spacial score (nSPS) is 14.5. The van der Waals surface area contributed by atoms with Crippen molar-refractivity contribution in [3.05, 3.63) is 99.8 Å². The first-order valence-corrected chi connectivity index (χ1v) is 16.1. The molecule has 2 amide bonds. The van der Waals surface area contributed by atoms with Crippen LogP contribution < -0.4 is 9.62 Å². The molecule has 1 aliphatic carbocycles. The lowest BCUT2D eigenvalue weighted by Gasteiger charge is -2.35. The van der Waals surface area contributed by atoms with Crippen LogP contribution in [0.5, 0.6) is 0 Å². The summed E-state index contributed by atoms with van der Waals surface area (Å²) in [6.07, 6.45) is 3.92. The maximum Gasteiger partial charge on any atom is 0.304 e. The molecule has 3 aromatic carbocycles. The van der Waals surface area contributed by atoms with Gasteiger partial charge in [0.2, 0.25) is 11.8 Å². The highest BCUT2D eigenvalue weighted by atomic mass is 35.5. The largest absolute Gasteiger partial charge is 0.352 e. The van der Waals surface area contributed by atoms with Crippen LogP contribution in [0, 0.1) is 5.82 Å². The third kappa shape index (κ3) is 8.47. The van der Waals surface area contributed by atoms with Crippen LogP contribution >= 0.6 is 23.2 Å². The molecule has 0 spiro atoms. The second kappa shape index (κ2) is 14.5. The first kappa shape index (κ1) is 32.7. The Balaban J connectivity index is 1.76. The Bertz CT molecular complexity index is 1520. The van der Waals surface area contributed by atoms with Gasteiger partial charge in [-0.25, -0.2) is 8.70 Å². The molecule has 3 aromatic rings. The summed E-state index contributed by atoms with van der Waals surface area (Å²) in [7, 11) is -1.50. The third-order valence-corrected chi connectivity index (χ3v) is 10.0. The van der Waals surface area contributed by atoms with Crippen LogP contribution in [0.15, 0.2) is 72.8 Å². The molecule has 1 atom stereocenters. The van der Waals surface area contributed by atoms with Crippen molar-refractivity contribution < 1.29 is 22.4 Å². The van der Waals surface area contributed by atoms with Crippen molar-refractivity contribution in [3.8, 4) is 0 Å². The van der Waals surface area contributed by atoms with Gasteiger partial charge in [0.25, 0.3) is 0 Å². The Hall–Kier alpha value is -3.18. The van der Waals surface area contributed by atoms with Crippen LogP contribution in [0.4, 0.5) is 10.1 Å². The summed E-state index contributed by atoms with van der Waals surface area (Å²) in [6.45, 7) is -0.667. The molecule has 8 nitrogen and oxygen atoms in total. The van der Waals surface area contributed by atoms with E-state index >= 15 is 0 Å². The second-order valence-corrected chi connectivity index (χ2v) is 13.6. The summed E-state index contributed by atoms with van der Waals surface area (Å²) in [4.78, 5) is 29.6. The van der Waals surface area contributed by atoms with Gasteiger partial charge in [0.1, 0.15) is 18.4 Å². The maximum atomic E-state index is 14.3. The van der Waals surface area contributed by atoms with E-state index in [-0.39, 0.29) is 35.6 Å². The van der Waals surface area contributed by atoms with Crippen LogP contribution in [0.1, 0.15) is 36.8 Å². The summed E-state index contributed by atoms with van der Waals surface area (Å²) in [5.41, 5.74) is 1.54. The number of hydrogen-bond donors (Lipinski definition) is 1. The first-order valence-electron chi connectivity index (χ1n) is 14.0. The van der Waals surface area contributed by atoms with E-state index < -0.39 is 34.5 Å². The zero-order valence-corrected chi connectivity index (χ0v) is 26.4. The van der Waals surface area contributed by atoms with Crippen molar-refractivity contribution in [2.75, 3.05) is 24.9 Å². The molecule has 12 heteroatoms. The summed E-state index contributed by atoms with van der Waals surface area (Å²) in [5, 5.41) is 3.74. The third-order valence-electron chi connectivity index (χ3n) is 7.44. The van der Waals surface area contributed by atoms with Gasteiger partial charge in [-0.1, -0.05) is 72.4 Å². The van der Waals surface area contributed by atoms with E-state index in [0.29, 0.717) is 10.6 Å². The van der Waals surface area contributed by atoms with E-state index in [4.69, 9.17) is 23.2 Å². The minimum Gasteiger partial charge on any atom is -0.352 e. The molecule has 230 valence electrons. The van der Waals surface area contributed by atoms with Crippen LogP contribution in [0.3, 0.4) is 0 Å². The average molecular weight is 650 g/mol. The molecule has 0 aliphatic heterocycles. The maximum absolute atomic E-state index is 14.3. The Morgan fingerprint density at radius 2 is 1.58 bits per heavy atom. The highest BCUT2D eigenvalue weighted by Crippen LogP contribution is 2.26. The molecule has 1 unspecified atom stereocenters. The molecule has 1 fully saturated rings. The van der Waals surface area contributed by atoms with Crippen molar-refractivity contribution in [3.63, 3.8) is 0 Å². The highest BCUT2D eigenvalue weighted by molar-refractivity contribution is 7.90. The molecule has 0 heterocycles. The minimum atomic E-state index is -4.18. The standard InChI is InChI=1S/C31H35Cl2FN4O4S/c1-36(2)43(41,42)38(26-15-13-24(34)14-16-26)21-30(39)37(20-23-12-17-27(32)28(33)18-23)29(19-22-8-4-3-5-9-22)31(40)35-25-10-6-7-11-25/h3-5,8-9,12-18,25,29H,6-7,10-11,19-21H2,1-2H3,(H,35,40). The molecule has 4 rings (SSSR count). The molecule has 0 radical (unpaired) electrons. The molecule has 0 aromatic heterocycles. The van der Waals surface area contributed by atoms with Gasteiger partial charge in [-0.2, -0.15) is 12.7 Å². The summed E-state index contributed by atoms with van der Waals surface area (Å²) >= 11 is 12.4. The van der Waals surface area contributed by atoms with Gasteiger partial charge < -0.3 is 10.2 Å². The minimum absolute atomic E-state index is 0.00228. The first-order chi connectivity index (χ1) is 20.5. The van der Waals surface area contributed by atoms with Crippen molar-refractivity contribution in [2.24, 2.45) is 0 Å². The number of rotatable bonds is 12. The molecule has 0 bridgehead atoms. The SMILES string of the molecule is CN(C)S(=O)(=O)N(CC(=O)N(Cc1ccc(Cl)c(Cl)c1)C(Cc1ccccc1)C(=O)NC1CCCC1)c1ccc(F)cc1. The van der Waals surface area contributed by atoms with Gasteiger partial charge in [0.15, 0.2) is 0 Å². The predicted molar refractivity (Wildman–Crippen MR) is 168 cm³/mol. The summed E-state index contributed by atoms with van der Waals surface area (Å²) in [5.74, 6) is -1.50. The van der Waals surface area contributed by atoms with E-state index in [9.17, 15) is 22.4 Å². The van der Waals surface area contributed by atoms with Crippen LogP contribution in [0.25, 0.3) is 0 Å². The van der Waals surface area contributed by atoms with E-state index in [1.54, 1.807) is 18.2 Å². The Kier molecular flexibility index (Phi) is 11.1. The van der Waals surface area contributed by atoms with Gasteiger partial charge in [-0.05, 0) is 60.4 Å². The van der Waals surface area contributed by atoms with E-state index in [2.05, 4.69) is 5.32 Å². The van der Waals surface area contributed by atoms with E-state index in [0.717, 1.165) is 52.0 Å². The monoisotopic (exact) mass is 648 g/mol. The fraction of sp³-hybridized carbons (Fsp3) is 0.355. The Morgan fingerprint density at radius 1 is 0.930 bits per heavy atom. The van der Waals surface area contributed by atoms with Crippen LogP contribution in [-0.2, 0) is 32.8 Å². The quantitative estimate of drug-likeness (QED) is 0.283. The zero-order chi connectivity index (χ0) is 31.1. The van der Waals surface area contributed by atoms with Gasteiger partial charge in [-0.15, -0.1) is 0 Å². The molecule has 1 aliphatic rings. The average Bonchev–Trinajstić information content (AvgIpc) is 3.49. The number of carbonyl (C=O) groups excluding carboxylic acids is 2. The number of benzene rings is 3. The van der Waals surface area contributed by atoms with Crippen LogP contribution in [0.2, 0.25) is 10.0 Å². The van der Waals surface area contributed by atoms with E-state index in [1.807, 2.05) is 30.3 Å². The predicted octanol–water partition coefficient (Wildman–Crippen LogP) is 5.44. The van der Waals surface area contributed by atoms with Gasteiger partial charge >= 0.3 is 10.2 Å². The fourth-order valence-electron chi connectivity index (χ4n) is 5.08. The zero-order valence-electron chi connectivity index (χ0n) is 24.0. The molecule has 43 heavy (non-hydrogen) atoms. The summed E-state index contributed by atoms with van der Waals surface area (Å²) in [6, 6.07) is 18.1. The molecular weight excluding hydrogens is 614 g/mol. The lowest BCUT2D eigenvalue weighted by atomic mass is 10.0. The Morgan fingerprint density at radius 3 is 2.19 bits per heavy atom. The number of hydrogen-bond acceptors (Lipinski definition) is 4. The smallest absolute Gasteiger partial charge is 0.304 e. The molecule has 1 N–H and O–H groups in total. The lowest BCUT2D eigenvalue weighted by Crippen LogP contribution is -2.55. The lowest BCUT2D eigenvalue weighted by molar-refractivity contribution is -0.140. The van der Waals surface area contributed by atoms with Crippen molar-refractivity contribution >= 4 is 50.9 Å². The topological polar surface area (TPSA) is 90.0 Å². The molecular formula is C31H35Cl2FN4O4S. The number of carbonyl (C=O) groups is 2. The fourth-order valence-corrected chi connectivity index (χ4v) is 6.46. The number of anilines is 1. The van der Waals surface area contributed by atoms with Crippen LogP contribution in [-0.4, -0.2) is 62.2 Å². The molecule has 1 saturated carbocycles. The van der Waals surface area contributed by atoms with E-state index in [1.165, 1.54) is 31.1 Å². The number of halogens is 3.